The summed E-state index contributed by atoms with van der Waals surface area (Å²) < 4.78 is 69.4. The second kappa shape index (κ2) is 16.5. The summed E-state index contributed by atoms with van der Waals surface area (Å²) in [4.78, 5) is 38.1. The fourth-order valence-electron chi connectivity index (χ4n) is 3.70. The van der Waals surface area contributed by atoms with E-state index < -0.39 is 47.3 Å². The summed E-state index contributed by atoms with van der Waals surface area (Å²) in [6.07, 6.45) is 0.189. The van der Waals surface area contributed by atoms with E-state index in [1.807, 2.05) is 0 Å². The van der Waals surface area contributed by atoms with Gasteiger partial charge in [0, 0.05) is 17.6 Å². The molecule has 4 rings (SSSR count). The van der Waals surface area contributed by atoms with Gasteiger partial charge in [0.25, 0.3) is 5.88 Å². The highest BCUT2D eigenvalue weighted by molar-refractivity contribution is 6.32. The first-order valence-electron chi connectivity index (χ1n) is 13.4. The lowest BCUT2D eigenvalue weighted by Crippen LogP contribution is -2.25. The minimum atomic E-state index is -3.12. The highest BCUT2D eigenvalue weighted by Gasteiger charge is 2.23. The summed E-state index contributed by atoms with van der Waals surface area (Å²) in [7, 11) is 0. The Labute approximate surface area is 279 Å². The molecule has 2 heterocycles. The van der Waals surface area contributed by atoms with Gasteiger partial charge in [0.2, 0.25) is 0 Å². The van der Waals surface area contributed by atoms with Crippen molar-refractivity contribution in [3.05, 3.63) is 92.2 Å². The lowest BCUT2D eigenvalue weighted by molar-refractivity contribution is -0.144. The van der Waals surface area contributed by atoms with Gasteiger partial charge in [-0.15, -0.1) is 16.7 Å². The Morgan fingerprint density at radius 3 is 2.23 bits per heavy atom. The minimum absolute atomic E-state index is 0.0424. The van der Waals surface area contributed by atoms with Crippen LogP contribution in [-0.2, 0) is 20.7 Å². The number of carbonyl (C=O) groups excluding carboxylic acids is 1. The standard InChI is InChI=1S/C15H14Cl2F3N3O3.C14H11ClFNO4/c1-3-26-13(24)10(17)4-8-5-12(11(18)6-9(8)16)23-15(25)22(14(19)20)7(2)21-23;1-8(14(18)19)20-10-2-4-11(5-3-10)21-13-12(16)6-9(15)7-17-13/h5-6,10,14H,3-4H2,1-2H3;2-8H,1H3,(H,18,19)/t;8-/m.1/s1. The predicted molar refractivity (Wildman–Crippen MR) is 162 cm³/mol. The molecule has 1 unspecified atom stereocenters. The number of carboxylic acid groups (broad SMARTS) is 1. The van der Waals surface area contributed by atoms with Crippen LogP contribution >= 0.6 is 34.8 Å². The number of pyridine rings is 1. The van der Waals surface area contributed by atoms with Gasteiger partial charge in [-0.05, 0) is 68.8 Å². The van der Waals surface area contributed by atoms with Gasteiger partial charge in [0.1, 0.15) is 28.4 Å². The van der Waals surface area contributed by atoms with Gasteiger partial charge in [-0.3, -0.25) is 4.79 Å². The fraction of sp³-hybridized carbons (Fsp3) is 0.276. The van der Waals surface area contributed by atoms with Crippen LogP contribution in [0.25, 0.3) is 5.69 Å². The van der Waals surface area contributed by atoms with Crippen molar-refractivity contribution >= 4 is 46.7 Å². The Balaban J connectivity index is 0.000000261. The predicted octanol–water partition coefficient (Wildman–Crippen LogP) is 6.76. The fourth-order valence-corrected chi connectivity index (χ4v) is 4.30. The third kappa shape index (κ3) is 9.83. The van der Waals surface area contributed by atoms with Gasteiger partial charge in [-0.1, -0.05) is 23.2 Å². The number of halogens is 7. The molecule has 0 aliphatic carbocycles. The van der Waals surface area contributed by atoms with Crippen molar-refractivity contribution in [3.63, 3.8) is 0 Å². The van der Waals surface area contributed by atoms with Crippen molar-refractivity contribution in [3.8, 4) is 23.1 Å². The molecule has 0 radical (unpaired) electrons. The molecule has 1 N–H and O–H groups in total. The molecule has 0 bridgehead atoms. The number of carboxylic acids is 1. The van der Waals surface area contributed by atoms with E-state index in [9.17, 15) is 31.9 Å². The molecular weight excluding hydrogens is 699 g/mol. The maximum atomic E-state index is 14.2. The lowest BCUT2D eigenvalue weighted by atomic mass is 10.1. The molecule has 11 nitrogen and oxygen atoms in total. The first-order chi connectivity index (χ1) is 22.1. The third-order valence-electron chi connectivity index (χ3n) is 5.93. The molecule has 0 saturated heterocycles. The zero-order chi connectivity index (χ0) is 35.0. The van der Waals surface area contributed by atoms with Crippen LogP contribution in [0.4, 0.5) is 17.6 Å². The van der Waals surface area contributed by atoms with E-state index in [-0.39, 0.29) is 50.6 Å². The number of aromatic nitrogens is 4. The van der Waals surface area contributed by atoms with E-state index >= 15 is 0 Å². The molecule has 2 atom stereocenters. The molecule has 2 aromatic carbocycles. The summed E-state index contributed by atoms with van der Waals surface area (Å²) in [5, 5.41) is 11.4. The number of benzene rings is 2. The van der Waals surface area contributed by atoms with E-state index in [1.54, 1.807) is 6.92 Å². The van der Waals surface area contributed by atoms with Crippen LogP contribution in [0.15, 0.2) is 53.5 Å². The third-order valence-corrected chi connectivity index (χ3v) is 6.83. The van der Waals surface area contributed by atoms with Crippen molar-refractivity contribution in [1.29, 1.82) is 0 Å². The highest BCUT2D eigenvalue weighted by Crippen LogP contribution is 2.27. The number of aryl methyl sites for hydroxylation is 1. The minimum Gasteiger partial charge on any atom is -0.479 e. The average Bonchev–Trinajstić information content (AvgIpc) is 3.30. The number of rotatable bonds is 11. The number of esters is 1. The van der Waals surface area contributed by atoms with Crippen molar-refractivity contribution in [2.75, 3.05) is 6.61 Å². The van der Waals surface area contributed by atoms with Gasteiger partial charge in [0.15, 0.2) is 17.7 Å². The first-order valence-corrected chi connectivity index (χ1v) is 14.6. The smallest absolute Gasteiger partial charge is 0.355 e. The summed E-state index contributed by atoms with van der Waals surface area (Å²) in [6, 6.07) is 9.18. The number of carbonyl (C=O) groups is 2. The molecule has 0 fully saturated rings. The van der Waals surface area contributed by atoms with Crippen LogP contribution in [0.3, 0.4) is 0 Å². The number of hydrogen-bond acceptors (Lipinski definition) is 8. The van der Waals surface area contributed by atoms with Crippen LogP contribution < -0.4 is 15.2 Å². The second-order valence-electron chi connectivity index (χ2n) is 9.32. The molecule has 4 aromatic rings. The number of aliphatic carboxylic acids is 1. The molecule has 0 amide bonds. The van der Waals surface area contributed by atoms with Gasteiger partial charge < -0.3 is 19.3 Å². The Bertz CT molecular complexity index is 1790. The lowest BCUT2D eigenvalue weighted by Gasteiger charge is -2.12. The van der Waals surface area contributed by atoms with Crippen molar-refractivity contribution in [1.82, 2.24) is 19.3 Å². The SMILES string of the molecule is CCOC(=O)C(Cl)Cc1cc(-n2nc(C)n(C(F)F)c2=O)c(F)cc1Cl.C[C@@H](Oc1ccc(Oc2ncc(Cl)cc2F)cc1)C(=O)O. The van der Waals surface area contributed by atoms with E-state index in [4.69, 9.17) is 54.1 Å². The molecule has 2 aromatic heterocycles. The first kappa shape index (κ1) is 37.1. The Morgan fingerprint density at radius 1 is 1.04 bits per heavy atom. The largest absolute Gasteiger partial charge is 0.479 e. The van der Waals surface area contributed by atoms with Gasteiger partial charge >= 0.3 is 24.2 Å². The van der Waals surface area contributed by atoms with Crippen LogP contribution in [0, 0.1) is 18.6 Å². The highest BCUT2D eigenvalue weighted by atomic mass is 35.5. The Morgan fingerprint density at radius 2 is 1.68 bits per heavy atom. The summed E-state index contributed by atoms with van der Waals surface area (Å²) >= 11 is 17.5. The van der Waals surface area contributed by atoms with E-state index in [1.165, 1.54) is 44.3 Å². The molecule has 0 saturated carbocycles. The Hall–Kier alpha value is -4.34. The second-order valence-corrected chi connectivity index (χ2v) is 10.7. The molecule has 0 aliphatic heterocycles. The number of alkyl halides is 3. The van der Waals surface area contributed by atoms with Crippen molar-refractivity contribution in [2.45, 2.75) is 45.2 Å². The van der Waals surface area contributed by atoms with Crippen molar-refractivity contribution < 1.29 is 46.5 Å². The average molecular weight is 724 g/mol. The summed E-state index contributed by atoms with van der Waals surface area (Å²) in [5.74, 6) is -3.17. The van der Waals surface area contributed by atoms with Crippen LogP contribution in [0.2, 0.25) is 10.0 Å². The molecule has 0 spiro atoms. The van der Waals surface area contributed by atoms with Crippen LogP contribution in [0.1, 0.15) is 31.8 Å². The van der Waals surface area contributed by atoms with E-state index in [2.05, 4.69) is 10.1 Å². The van der Waals surface area contributed by atoms with Gasteiger partial charge in [-0.25, -0.2) is 27.9 Å². The zero-order valence-electron chi connectivity index (χ0n) is 24.6. The monoisotopic (exact) mass is 722 g/mol. The zero-order valence-corrected chi connectivity index (χ0v) is 26.9. The number of ether oxygens (including phenoxy) is 3. The maximum Gasteiger partial charge on any atom is 0.355 e. The summed E-state index contributed by atoms with van der Waals surface area (Å²) in [5.41, 5.74) is -1.37. The number of hydrogen-bond donors (Lipinski definition) is 1. The summed E-state index contributed by atoms with van der Waals surface area (Å²) in [6.45, 7) is 1.22. The Kier molecular flexibility index (Phi) is 13.0. The van der Waals surface area contributed by atoms with Crippen molar-refractivity contribution in [2.24, 2.45) is 0 Å². The van der Waals surface area contributed by atoms with Crippen LogP contribution in [-0.4, -0.2) is 54.5 Å². The van der Waals surface area contributed by atoms with E-state index in [0.29, 0.717) is 16.2 Å². The van der Waals surface area contributed by atoms with Gasteiger partial charge in [0.05, 0.1) is 11.6 Å². The quantitative estimate of drug-likeness (QED) is 0.101. The molecule has 252 valence electrons. The molecule has 18 heteroatoms. The van der Waals surface area contributed by atoms with E-state index in [0.717, 1.165) is 18.2 Å². The topological polar surface area (TPSA) is 135 Å². The van der Waals surface area contributed by atoms with Crippen LogP contribution in [0.5, 0.6) is 17.4 Å². The molecule has 0 aliphatic rings. The molecule has 47 heavy (non-hydrogen) atoms. The van der Waals surface area contributed by atoms with Gasteiger partial charge in [-0.2, -0.15) is 13.5 Å². The normalized spacial score (nSPS) is 12.1. The number of nitrogens with zero attached hydrogens (tertiary/aromatic N) is 4. The maximum absolute atomic E-state index is 14.2. The molecular formula is C29H25Cl3F4N4O7.